The first kappa shape index (κ1) is 15.2. The summed E-state index contributed by atoms with van der Waals surface area (Å²) in [6, 6.07) is 7.46. The fourth-order valence-corrected chi connectivity index (χ4v) is 2.48. The van der Waals surface area contributed by atoms with Gasteiger partial charge in [-0.05, 0) is 19.4 Å². The van der Waals surface area contributed by atoms with E-state index in [0.29, 0.717) is 17.9 Å². The monoisotopic (exact) mass is 288 g/mol. The lowest BCUT2D eigenvalue weighted by molar-refractivity contribution is -0.143. The highest BCUT2D eigenvalue weighted by Gasteiger charge is 2.40. The molecule has 3 N–H and O–H groups in total. The van der Waals surface area contributed by atoms with Crippen molar-refractivity contribution in [3.05, 3.63) is 47.5 Å². The van der Waals surface area contributed by atoms with Crippen molar-refractivity contribution < 1.29 is 9.90 Å². The fourth-order valence-electron chi connectivity index (χ4n) is 2.48. The second-order valence-corrected chi connectivity index (χ2v) is 5.13. The third-order valence-corrected chi connectivity index (χ3v) is 3.78. The molecule has 2 aromatic rings. The highest BCUT2D eigenvalue weighted by Crippen LogP contribution is 2.28. The van der Waals surface area contributed by atoms with Gasteiger partial charge in [-0.1, -0.05) is 29.8 Å². The second kappa shape index (κ2) is 6.05. The van der Waals surface area contributed by atoms with Crippen LogP contribution in [0.3, 0.4) is 0 Å². The number of rotatable bonds is 6. The van der Waals surface area contributed by atoms with Crippen molar-refractivity contribution in [2.75, 3.05) is 6.54 Å². The van der Waals surface area contributed by atoms with E-state index in [4.69, 9.17) is 5.73 Å². The molecule has 0 spiro atoms. The molecule has 112 valence electrons. The third-order valence-electron chi connectivity index (χ3n) is 3.78. The van der Waals surface area contributed by atoms with Crippen molar-refractivity contribution >= 4 is 5.97 Å². The summed E-state index contributed by atoms with van der Waals surface area (Å²) in [7, 11) is 0. The van der Waals surface area contributed by atoms with Crippen LogP contribution in [0.2, 0.25) is 0 Å². The third kappa shape index (κ3) is 2.80. The van der Waals surface area contributed by atoms with E-state index in [1.807, 2.05) is 32.0 Å². The van der Waals surface area contributed by atoms with Crippen molar-refractivity contribution in [2.45, 2.75) is 32.2 Å². The Morgan fingerprint density at radius 2 is 2.24 bits per heavy atom. The molecule has 0 aliphatic carbocycles. The van der Waals surface area contributed by atoms with Crippen LogP contribution in [0, 0.1) is 6.92 Å². The molecule has 1 unspecified atom stereocenters. The molecule has 1 atom stereocenters. The van der Waals surface area contributed by atoms with Crippen LogP contribution in [-0.2, 0) is 23.2 Å². The summed E-state index contributed by atoms with van der Waals surface area (Å²) in [5, 5.41) is 13.9. The van der Waals surface area contributed by atoms with Crippen molar-refractivity contribution in [2.24, 2.45) is 5.73 Å². The molecule has 0 fully saturated rings. The summed E-state index contributed by atoms with van der Waals surface area (Å²) in [5.41, 5.74) is 6.37. The van der Waals surface area contributed by atoms with E-state index in [-0.39, 0.29) is 13.0 Å². The van der Waals surface area contributed by atoms with Crippen LogP contribution in [0.5, 0.6) is 0 Å². The van der Waals surface area contributed by atoms with E-state index in [0.717, 1.165) is 5.56 Å². The van der Waals surface area contributed by atoms with Gasteiger partial charge in [0.1, 0.15) is 17.6 Å². The van der Waals surface area contributed by atoms with Crippen molar-refractivity contribution in [1.82, 2.24) is 14.8 Å². The molecule has 6 nitrogen and oxygen atoms in total. The zero-order valence-electron chi connectivity index (χ0n) is 12.3. The summed E-state index contributed by atoms with van der Waals surface area (Å²) in [5.74, 6) is -0.312. The minimum atomic E-state index is -1.19. The number of aliphatic carboxylic acids is 1. The van der Waals surface area contributed by atoms with E-state index in [1.54, 1.807) is 10.7 Å². The Morgan fingerprint density at radius 1 is 1.48 bits per heavy atom. The van der Waals surface area contributed by atoms with E-state index >= 15 is 0 Å². The molecule has 1 aromatic heterocycles. The molecule has 0 aliphatic heterocycles. The number of aryl methyl sites for hydroxylation is 2. The van der Waals surface area contributed by atoms with Gasteiger partial charge in [0.2, 0.25) is 0 Å². The van der Waals surface area contributed by atoms with Crippen LogP contribution in [0.25, 0.3) is 0 Å². The Bertz CT molecular complexity index is 638. The van der Waals surface area contributed by atoms with E-state index in [9.17, 15) is 9.90 Å². The van der Waals surface area contributed by atoms with Gasteiger partial charge in [0.25, 0.3) is 0 Å². The van der Waals surface area contributed by atoms with Gasteiger partial charge in [0.05, 0.1) is 0 Å². The molecule has 0 radical (unpaired) electrons. The zero-order chi connectivity index (χ0) is 15.5. The molecule has 0 amide bonds. The van der Waals surface area contributed by atoms with Gasteiger partial charge in [-0.15, -0.1) is 0 Å². The van der Waals surface area contributed by atoms with Crippen LogP contribution in [-0.4, -0.2) is 32.4 Å². The summed E-state index contributed by atoms with van der Waals surface area (Å²) >= 11 is 0. The van der Waals surface area contributed by atoms with Crippen LogP contribution in [0.4, 0.5) is 0 Å². The topological polar surface area (TPSA) is 94.0 Å². The molecular weight excluding hydrogens is 268 g/mol. The Labute approximate surface area is 123 Å². The zero-order valence-corrected chi connectivity index (χ0v) is 12.3. The molecule has 6 heteroatoms. The average molecular weight is 288 g/mol. The van der Waals surface area contributed by atoms with Crippen molar-refractivity contribution in [3.63, 3.8) is 0 Å². The molecule has 0 saturated carbocycles. The van der Waals surface area contributed by atoms with E-state index in [1.165, 1.54) is 6.33 Å². The maximum Gasteiger partial charge on any atom is 0.315 e. The predicted molar refractivity (Wildman–Crippen MR) is 78.9 cm³/mol. The Balaban J connectivity index is 2.50. The first-order valence-corrected chi connectivity index (χ1v) is 6.90. The van der Waals surface area contributed by atoms with Crippen LogP contribution < -0.4 is 5.73 Å². The second-order valence-electron chi connectivity index (χ2n) is 5.13. The van der Waals surface area contributed by atoms with Crippen molar-refractivity contribution in [3.8, 4) is 0 Å². The summed E-state index contributed by atoms with van der Waals surface area (Å²) in [6.07, 6.45) is 1.66. The highest BCUT2D eigenvalue weighted by atomic mass is 16.4. The summed E-state index contributed by atoms with van der Waals surface area (Å²) in [4.78, 5) is 16.1. The smallest absolute Gasteiger partial charge is 0.315 e. The number of nitrogens with zero attached hydrogens (tertiary/aromatic N) is 3. The Kier molecular flexibility index (Phi) is 4.37. The Morgan fingerprint density at radius 3 is 2.81 bits per heavy atom. The average Bonchev–Trinajstić information content (AvgIpc) is 2.91. The largest absolute Gasteiger partial charge is 0.481 e. The fraction of sp³-hybridized carbons (Fsp3) is 0.400. The minimum absolute atomic E-state index is 0.00234. The molecule has 1 heterocycles. The van der Waals surface area contributed by atoms with Crippen LogP contribution in [0.15, 0.2) is 30.6 Å². The predicted octanol–water partition coefficient (Wildman–Crippen LogP) is 1.13. The summed E-state index contributed by atoms with van der Waals surface area (Å²) < 4.78 is 1.70. The molecule has 21 heavy (non-hydrogen) atoms. The van der Waals surface area contributed by atoms with Gasteiger partial charge in [0, 0.05) is 19.5 Å². The van der Waals surface area contributed by atoms with Gasteiger partial charge >= 0.3 is 5.97 Å². The van der Waals surface area contributed by atoms with Gasteiger partial charge < -0.3 is 10.8 Å². The minimum Gasteiger partial charge on any atom is -0.481 e. The molecule has 0 saturated heterocycles. The first-order valence-electron chi connectivity index (χ1n) is 6.90. The number of benzene rings is 1. The van der Waals surface area contributed by atoms with Gasteiger partial charge in [0.15, 0.2) is 0 Å². The van der Waals surface area contributed by atoms with E-state index < -0.39 is 11.4 Å². The first-order chi connectivity index (χ1) is 10.0. The maximum atomic E-state index is 12.0. The SMILES string of the molecule is CCn1ncnc1CC(CN)(C(=O)O)c1cccc(C)c1. The quantitative estimate of drug-likeness (QED) is 0.831. The number of nitrogens with two attached hydrogens (primary N) is 1. The number of carboxylic acids is 1. The van der Waals surface area contributed by atoms with Crippen LogP contribution in [0.1, 0.15) is 23.9 Å². The van der Waals surface area contributed by atoms with Gasteiger partial charge in [-0.2, -0.15) is 5.10 Å². The molecule has 2 rings (SSSR count). The number of carboxylic acid groups (broad SMARTS) is 1. The molecule has 1 aromatic carbocycles. The number of aromatic nitrogens is 3. The summed E-state index contributed by atoms with van der Waals surface area (Å²) in [6.45, 7) is 4.52. The van der Waals surface area contributed by atoms with Gasteiger partial charge in [-0.3, -0.25) is 9.48 Å². The lowest BCUT2D eigenvalue weighted by Gasteiger charge is -2.28. The normalized spacial score (nSPS) is 13.9. The number of carbonyl (C=O) groups is 1. The number of hydrogen-bond acceptors (Lipinski definition) is 4. The highest BCUT2D eigenvalue weighted by molar-refractivity contribution is 5.82. The lowest BCUT2D eigenvalue weighted by Crippen LogP contribution is -2.45. The standard InChI is InChI=1S/C15H20N4O2/c1-3-19-13(17-10-18-19)8-15(9-16,14(20)21)12-6-4-5-11(2)7-12/h4-7,10H,3,8-9,16H2,1-2H3,(H,20,21). The maximum absolute atomic E-state index is 12.0. The van der Waals surface area contributed by atoms with Crippen molar-refractivity contribution in [1.29, 1.82) is 0 Å². The number of hydrogen-bond donors (Lipinski definition) is 2. The molecule has 0 bridgehead atoms. The molecule has 0 aliphatic rings. The lowest BCUT2D eigenvalue weighted by atomic mass is 9.77. The Hall–Kier alpha value is -2.21. The van der Waals surface area contributed by atoms with E-state index in [2.05, 4.69) is 10.1 Å². The van der Waals surface area contributed by atoms with Gasteiger partial charge in [-0.25, -0.2) is 4.98 Å². The molecular formula is C15H20N4O2. The van der Waals surface area contributed by atoms with Crippen LogP contribution >= 0.6 is 0 Å².